The molecular formula is C50H40Cl2F6N8O5. The Kier molecular flexibility index (Phi) is 15.1. The van der Waals surface area contributed by atoms with Crippen LogP contribution in [0.4, 0.5) is 26.3 Å². The minimum absolute atomic E-state index is 0.00851. The van der Waals surface area contributed by atoms with Crippen LogP contribution in [0.25, 0.3) is 11.4 Å². The fraction of sp³-hybridized carbons (Fsp3) is 0.160. The zero-order chi connectivity index (χ0) is 51.6. The number of carbonyl (C=O) groups is 1. The number of halogens is 8. The number of hydrogen-bond donors (Lipinski definition) is 1. The van der Waals surface area contributed by atoms with Gasteiger partial charge in [0.2, 0.25) is 0 Å². The largest absolute Gasteiger partial charge is 0.495 e. The van der Waals surface area contributed by atoms with E-state index in [0.717, 1.165) is 40.2 Å². The van der Waals surface area contributed by atoms with Crippen molar-refractivity contribution in [3.8, 4) is 22.9 Å². The normalized spacial score (nSPS) is 12.3. The number of hydrazone groups is 1. The summed E-state index contributed by atoms with van der Waals surface area (Å²) in [5, 5.41) is 4.03. The van der Waals surface area contributed by atoms with Crippen LogP contribution in [0.2, 0.25) is 10.0 Å². The highest BCUT2D eigenvalue weighted by Crippen LogP contribution is 2.30. The lowest BCUT2D eigenvalue weighted by Gasteiger charge is -2.18. The van der Waals surface area contributed by atoms with E-state index in [-0.39, 0.29) is 43.6 Å². The van der Waals surface area contributed by atoms with Crippen molar-refractivity contribution in [2.75, 3.05) is 14.2 Å². The molecule has 0 aliphatic rings. The molecule has 8 aromatic rings. The van der Waals surface area contributed by atoms with E-state index in [1.807, 2.05) is 20.0 Å². The molecule has 21 heteroatoms. The van der Waals surface area contributed by atoms with Gasteiger partial charge in [0, 0.05) is 35.9 Å². The predicted octanol–water partition coefficient (Wildman–Crippen LogP) is 10.0. The third-order valence-electron chi connectivity index (χ3n) is 11.3. The topological polar surface area (TPSA) is 154 Å². The van der Waals surface area contributed by atoms with Gasteiger partial charge in [-0.1, -0.05) is 29.3 Å². The average Bonchev–Trinajstić information content (AvgIpc) is 4.00. The van der Waals surface area contributed by atoms with Crippen LogP contribution in [0.15, 0.2) is 125 Å². The molecule has 2 unspecified atom stereocenters. The van der Waals surface area contributed by atoms with Gasteiger partial charge in [0.15, 0.2) is 40.7 Å². The van der Waals surface area contributed by atoms with Crippen molar-refractivity contribution in [3.05, 3.63) is 221 Å². The van der Waals surface area contributed by atoms with E-state index >= 15 is 0 Å². The number of imidazole rings is 2. The van der Waals surface area contributed by atoms with Gasteiger partial charge in [-0.25, -0.2) is 36.3 Å². The maximum atomic E-state index is 13.8. The third kappa shape index (κ3) is 10.5. The third-order valence-corrected chi connectivity index (χ3v) is 11.7. The van der Waals surface area contributed by atoms with Crippen LogP contribution >= 0.6 is 23.2 Å². The van der Waals surface area contributed by atoms with E-state index in [2.05, 4.69) is 15.1 Å². The molecule has 0 saturated carbocycles. The minimum Gasteiger partial charge on any atom is -0.495 e. The van der Waals surface area contributed by atoms with Crippen LogP contribution < -0.4 is 26.4 Å². The molecule has 13 nitrogen and oxygen atoms in total. The highest BCUT2D eigenvalue weighted by Gasteiger charge is 2.24. The lowest BCUT2D eigenvalue weighted by molar-refractivity contribution is 0.103. The first-order valence-corrected chi connectivity index (χ1v) is 21.8. The van der Waals surface area contributed by atoms with Gasteiger partial charge in [-0.2, -0.15) is 5.10 Å². The van der Waals surface area contributed by atoms with Crippen molar-refractivity contribution < 1.29 is 40.6 Å². The van der Waals surface area contributed by atoms with Gasteiger partial charge in [0.25, 0.3) is 11.1 Å². The van der Waals surface area contributed by atoms with Gasteiger partial charge < -0.3 is 33.6 Å². The highest BCUT2D eigenvalue weighted by atomic mass is 35.5. The molecule has 4 aromatic carbocycles. The SMILES string of the molecule is COc1cc(/C(=N\N)c2cc(Cl)cn(C(C)c3cc(F)c(F)c(F)c3)c2=O)ccc1-n1cnc(C)c1.COc1cc(C(=O)c2cc(Cl)cn(C(C)c3cc(F)c(F)c(F)c3)c2=O)ccc1-n1cnc(C)c1. The summed E-state index contributed by atoms with van der Waals surface area (Å²) in [7, 11) is 2.95. The molecular weight excluding hydrogens is 977 g/mol. The molecule has 0 radical (unpaired) electrons. The molecule has 4 aromatic heterocycles. The van der Waals surface area contributed by atoms with Crippen molar-refractivity contribution >= 4 is 34.7 Å². The number of ketones is 1. The Labute approximate surface area is 410 Å². The molecule has 0 spiro atoms. The maximum absolute atomic E-state index is 13.8. The first-order chi connectivity index (χ1) is 33.7. The van der Waals surface area contributed by atoms with Crippen molar-refractivity contribution in [2.24, 2.45) is 10.9 Å². The average molecular weight is 1020 g/mol. The highest BCUT2D eigenvalue weighted by molar-refractivity contribution is 6.31. The van der Waals surface area contributed by atoms with Crippen LogP contribution in [0.3, 0.4) is 0 Å². The van der Waals surface area contributed by atoms with E-state index in [9.17, 15) is 40.7 Å². The number of hydrogen-bond acceptors (Lipinski definition) is 9. The molecule has 2 atom stereocenters. The van der Waals surface area contributed by atoms with Gasteiger partial charge in [0.1, 0.15) is 17.2 Å². The van der Waals surface area contributed by atoms with Crippen LogP contribution in [-0.4, -0.2) is 54.0 Å². The lowest BCUT2D eigenvalue weighted by Crippen LogP contribution is -2.30. The van der Waals surface area contributed by atoms with Crippen molar-refractivity contribution in [2.45, 2.75) is 39.8 Å². The number of pyridine rings is 2. The lowest BCUT2D eigenvalue weighted by atomic mass is 10.0. The van der Waals surface area contributed by atoms with E-state index < -0.39 is 63.9 Å². The second kappa shape index (κ2) is 21.0. The number of ether oxygens (including phenoxy) is 2. The fourth-order valence-electron chi connectivity index (χ4n) is 7.63. The van der Waals surface area contributed by atoms with Gasteiger partial charge in [-0.05, 0) is 106 Å². The van der Waals surface area contributed by atoms with E-state index in [1.165, 1.54) is 69.3 Å². The van der Waals surface area contributed by atoms with E-state index in [4.69, 9.17) is 38.5 Å². The number of methoxy groups -OCH3 is 2. The van der Waals surface area contributed by atoms with Gasteiger partial charge in [0.05, 0.1) is 82.9 Å². The monoisotopic (exact) mass is 1020 g/mol. The fourth-order valence-corrected chi connectivity index (χ4v) is 8.06. The summed E-state index contributed by atoms with van der Waals surface area (Å²) in [5.74, 6) is -2.80. The Balaban J connectivity index is 0.000000209. The Morgan fingerprint density at radius 3 is 1.39 bits per heavy atom. The summed E-state index contributed by atoms with van der Waals surface area (Å²) in [6.07, 6.45) is 9.42. The summed E-state index contributed by atoms with van der Waals surface area (Å²) in [6, 6.07) is 13.8. The first kappa shape index (κ1) is 51.0. The number of carbonyl (C=O) groups excluding carboxylic acids is 1. The number of rotatable bonds is 12. The van der Waals surface area contributed by atoms with E-state index in [0.29, 0.717) is 28.4 Å². The summed E-state index contributed by atoms with van der Waals surface area (Å²) in [4.78, 5) is 48.3. The second-order valence-corrected chi connectivity index (χ2v) is 16.8. The first-order valence-electron chi connectivity index (χ1n) is 21.1. The number of benzene rings is 4. The van der Waals surface area contributed by atoms with Crippen LogP contribution in [0.1, 0.15) is 75.5 Å². The summed E-state index contributed by atoms with van der Waals surface area (Å²) in [5.41, 5.74) is 2.23. The quantitative estimate of drug-likeness (QED) is 0.0317. The van der Waals surface area contributed by atoms with E-state index in [1.54, 1.807) is 52.3 Å². The van der Waals surface area contributed by atoms with Crippen LogP contribution in [-0.2, 0) is 0 Å². The molecule has 0 amide bonds. The van der Waals surface area contributed by atoms with Crippen molar-refractivity contribution in [1.29, 1.82) is 0 Å². The van der Waals surface area contributed by atoms with Crippen molar-refractivity contribution in [3.63, 3.8) is 0 Å². The van der Waals surface area contributed by atoms with Gasteiger partial charge in [-0.3, -0.25) is 14.4 Å². The molecule has 8 rings (SSSR count). The Morgan fingerprint density at radius 1 is 0.606 bits per heavy atom. The van der Waals surface area contributed by atoms with Crippen LogP contribution in [0.5, 0.6) is 11.5 Å². The van der Waals surface area contributed by atoms with Gasteiger partial charge in [-0.15, -0.1) is 0 Å². The van der Waals surface area contributed by atoms with Gasteiger partial charge >= 0.3 is 0 Å². The molecule has 0 aliphatic heterocycles. The molecule has 0 fully saturated rings. The number of aryl methyl sites for hydroxylation is 2. The standard InChI is InChI=1S/C25H21ClF3N5O2.C25H19ClF3N3O3/c1-13-10-33(12-31-13)21-5-4-15(8-22(21)36-3)24(32-30)18-9-17(26)11-34(25(18)35)14(2)16-6-19(27)23(29)20(28)7-16;1-13-10-31(12-30-13)21-5-4-15(8-22(21)35-3)24(33)18-9-17(26)11-32(25(18)34)14(2)16-6-19(27)23(29)20(28)7-16/h4-12,14H,30H2,1-3H3;4-12,14H,1-3H3/b32-24+;. The smallest absolute Gasteiger partial charge is 0.262 e. The number of nitrogens with zero attached hydrogens (tertiary/aromatic N) is 7. The summed E-state index contributed by atoms with van der Waals surface area (Å²) >= 11 is 12.5. The minimum atomic E-state index is -1.61. The molecule has 71 heavy (non-hydrogen) atoms. The number of nitrogens with two attached hydrogens (primary N) is 1. The Morgan fingerprint density at radius 2 is 1.00 bits per heavy atom. The number of aromatic nitrogens is 6. The Hall–Kier alpha value is -7.90. The molecule has 0 saturated heterocycles. The van der Waals surface area contributed by atoms with Crippen LogP contribution in [0, 0.1) is 48.8 Å². The predicted molar refractivity (Wildman–Crippen MR) is 255 cm³/mol. The molecule has 366 valence electrons. The second-order valence-electron chi connectivity index (χ2n) is 15.9. The Bertz CT molecular complexity index is 3470. The molecule has 4 heterocycles. The molecule has 0 aliphatic carbocycles. The zero-order valence-corrected chi connectivity index (χ0v) is 39.8. The zero-order valence-electron chi connectivity index (χ0n) is 38.3. The molecule has 0 bridgehead atoms. The summed E-state index contributed by atoms with van der Waals surface area (Å²) < 4.78 is 98.7. The van der Waals surface area contributed by atoms with Crippen molar-refractivity contribution in [1.82, 2.24) is 28.2 Å². The molecule has 2 N–H and O–H groups in total. The maximum Gasteiger partial charge on any atom is 0.262 e. The summed E-state index contributed by atoms with van der Waals surface area (Å²) in [6.45, 7) is 6.69.